The number of carbonyl (C=O) groups excluding carboxylic acids is 1. The number of carbonyl (C=O) groups is 1. The first kappa shape index (κ1) is 16.9. The van der Waals surface area contributed by atoms with Crippen molar-refractivity contribution in [2.45, 2.75) is 32.7 Å². The van der Waals surface area contributed by atoms with Crippen LogP contribution in [-0.2, 0) is 12.0 Å². The highest BCUT2D eigenvalue weighted by atomic mass is 16.2. The molecule has 0 spiro atoms. The van der Waals surface area contributed by atoms with Crippen LogP contribution in [0.2, 0.25) is 0 Å². The number of benzene rings is 1. The first-order valence-electron chi connectivity index (χ1n) is 8.28. The second-order valence-electron chi connectivity index (χ2n) is 6.98. The van der Waals surface area contributed by atoms with E-state index in [-0.39, 0.29) is 11.3 Å². The van der Waals surface area contributed by atoms with Gasteiger partial charge in [-0.1, -0.05) is 57.2 Å². The van der Waals surface area contributed by atoms with E-state index in [1.165, 1.54) is 0 Å². The summed E-state index contributed by atoms with van der Waals surface area (Å²) in [5, 5.41) is 7.51. The van der Waals surface area contributed by atoms with Crippen LogP contribution in [0.4, 0.5) is 5.82 Å². The minimum atomic E-state index is -0.211. The lowest BCUT2D eigenvalue weighted by atomic mass is 9.92. The number of hydrogen-bond donors (Lipinski definition) is 1. The highest BCUT2D eigenvalue weighted by Crippen LogP contribution is 2.23. The number of aromatic nitrogens is 3. The predicted molar refractivity (Wildman–Crippen MR) is 98.7 cm³/mol. The van der Waals surface area contributed by atoms with Crippen LogP contribution in [0.3, 0.4) is 0 Å². The van der Waals surface area contributed by atoms with Crippen molar-refractivity contribution in [1.82, 2.24) is 14.8 Å². The first-order chi connectivity index (χ1) is 11.9. The van der Waals surface area contributed by atoms with E-state index in [0.717, 1.165) is 11.3 Å². The molecule has 0 saturated carbocycles. The van der Waals surface area contributed by atoms with Crippen molar-refractivity contribution in [1.29, 1.82) is 0 Å². The van der Waals surface area contributed by atoms with E-state index in [1.807, 2.05) is 48.5 Å². The summed E-state index contributed by atoms with van der Waals surface area (Å²) in [4.78, 5) is 16.9. The van der Waals surface area contributed by atoms with Gasteiger partial charge in [0.25, 0.3) is 5.91 Å². The normalized spacial score (nSPS) is 11.3. The Kier molecular flexibility index (Phi) is 4.65. The zero-order valence-corrected chi connectivity index (χ0v) is 14.7. The number of nitrogens with one attached hydrogen (secondary N) is 1. The predicted octanol–water partition coefficient (Wildman–Crippen LogP) is 3.88. The maximum atomic E-state index is 12.8. The van der Waals surface area contributed by atoms with E-state index in [9.17, 15) is 4.79 Å². The van der Waals surface area contributed by atoms with Gasteiger partial charge >= 0.3 is 0 Å². The van der Waals surface area contributed by atoms with Gasteiger partial charge in [-0.05, 0) is 23.8 Å². The van der Waals surface area contributed by atoms with Crippen molar-refractivity contribution in [2.75, 3.05) is 5.32 Å². The fourth-order valence-corrected chi connectivity index (χ4v) is 2.46. The van der Waals surface area contributed by atoms with Gasteiger partial charge in [-0.3, -0.25) is 9.48 Å². The summed E-state index contributed by atoms with van der Waals surface area (Å²) in [6, 6.07) is 17.3. The van der Waals surface area contributed by atoms with Crippen molar-refractivity contribution in [3.63, 3.8) is 0 Å². The molecule has 0 unspecified atom stereocenters. The molecule has 0 saturated heterocycles. The third-order valence-corrected chi connectivity index (χ3v) is 3.86. The molecule has 25 heavy (non-hydrogen) atoms. The molecule has 0 radical (unpaired) electrons. The molecule has 5 heteroatoms. The lowest BCUT2D eigenvalue weighted by molar-refractivity contribution is 0.101. The van der Waals surface area contributed by atoms with Crippen LogP contribution in [0.15, 0.2) is 60.8 Å². The van der Waals surface area contributed by atoms with Gasteiger partial charge in [0, 0.05) is 11.6 Å². The lowest BCUT2D eigenvalue weighted by Crippen LogP contribution is -2.19. The van der Waals surface area contributed by atoms with Crippen molar-refractivity contribution in [3.8, 4) is 0 Å². The van der Waals surface area contributed by atoms with Gasteiger partial charge in [-0.2, -0.15) is 5.10 Å². The Morgan fingerprint density at radius 2 is 1.80 bits per heavy atom. The zero-order valence-electron chi connectivity index (χ0n) is 14.7. The highest BCUT2D eigenvalue weighted by molar-refractivity contribution is 6.02. The monoisotopic (exact) mass is 334 g/mol. The molecule has 0 aliphatic heterocycles. The number of nitrogens with zero attached hydrogens (tertiary/aromatic N) is 3. The summed E-state index contributed by atoms with van der Waals surface area (Å²) in [5.74, 6) is 0.315. The molecule has 128 valence electrons. The second-order valence-corrected chi connectivity index (χ2v) is 6.98. The van der Waals surface area contributed by atoms with Crippen LogP contribution in [-0.4, -0.2) is 20.7 Å². The third kappa shape index (κ3) is 4.12. The Hall–Kier alpha value is -2.95. The Morgan fingerprint density at radius 3 is 2.44 bits per heavy atom. The quantitative estimate of drug-likeness (QED) is 0.788. The van der Waals surface area contributed by atoms with Crippen molar-refractivity contribution in [3.05, 3.63) is 77.7 Å². The minimum absolute atomic E-state index is 0.137. The standard InChI is InChI=1S/C20H22N4O/c1-20(2,3)17-13-16(19(25)22-18-11-7-8-12-21-18)24(23-17)14-15-9-5-4-6-10-15/h4-13H,14H2,1-3H3,(H,21,22,25). The second kappa shape index (κ2) is 6.89. The van der Waals surface area contributed by atoms with Gasteiger partial charge in [0.2, 0.25) is 0 Å². The smallest absolute Gasteiger partial charge is 0.275 e. The lowest BCUT2D eigenvalue weighted by Gasteiger charge is -2.14. The summed E-state index contributed by atoms with van der Waals surface area (Å²) in [6.45, 7) is 6.80. The number of rotatable bonds is 4. The molecule has 3 rings (SSSR count). The van der Waals surface area contributed by atoms with E-state index in [4.69, 9.17) is 0 Å². The molecule has 0 aliphatic carbocycles. The van der Waals surface area contributed by atoms with Crippen LogP contribution in [0.1, 0.15) is 42.5 Å². The molecule has 5 nitrogen and oxygen atoms in total. The van der Waals surface area contributed by atoms with Gasteiger partial charge < -0.3 is 5.32 Å². The highest BCUT2D eigenvalue weighted by Gasteiger charge is 2.23. The van der Waals surface area contributed by atoms with Crippen LogP contribution < -0.4 is 5.32 Å². The van der Waals surface area contributed by atoms with Crippen molar-refractivity contribution < 1.29 is 4.79 Å². The zero-order chi connectivity index (χ0) is 17.9. The number of hydrogen-bond acceptors (Lipinski definition) is 3. The molecule has 2 aromatic heterocycles. The molecular weight excluding hydrogens is 312 g/mol. The van der Waals surface area contributed by atoms with Gasteiger partial charge in [0.15, 0.2) is 0 Å². The molecule has 0 aliphatic rings. The van der Waals surface area contributed by atoms with Crippen LogP contribution in [0, 0.1) is 0 Å². The molecule has 0 bridgehead atoms. The van der Waals surface area contributed by atoms with E-state index in [2.05, 4.69) is 36.2 Å². The number of anilines is 1. The Labute approximate surface area is 147 Å². The van der Waals surface area contributed by atoms with Crippen LogP contribution >= 0.6 is 0 Å². The van der Waals surface area contributed by atoms with E-state index >= 15 is 0 Å². The maximum Gasteiger partial charge on any atom is 0.275 e. The third-order valence-electron chi connectivity index (χ3n) is 3.86. The maximum absolute atomic E-state index is 12.8. The molecule has 3 aromatic rings. The summed E-state index contributed by atoms with van der Waals surface area (Å²) in [7, 11) is 0. The van der Waals surface area contributed by atoms with Crippen molar-refractivity contribution in [2.24, 2.45) is 0 Å². The Balaban J connectivity index is 1.93. The van der Waals surface area contributed by atoms with Gasteiger partial charge in [-0.25, -0.2) is 4.98 Å². The Morgan fingerprint density at radius 1 is 1.08 bits per heavy atom. The average molecular weight is 334 g/mol. The Bertz CT molecular complexity index is 848. The minimum Gasteiger partial charge on any atom is -0.305 e. The largest absolute Gasteiger partial charge is 0.305 e. The number of amides is 1. The van der Waals surface area contributed by atoms with Gasteiger partial charge in [0.05, 0.1) is 12.2 Å². The average Bonchev–Trinajstić information content (AvgIpc) is 3.01. The van der Waals surface area contributed by atoms with Crippen LogP contribution in [0.25, 0.3) is 0 Å². The van der Waals surface area contributed by atoms with Crippen molar-refractivity contribution >= 4 is 11.7 Å². The molecule has 2 heterocycles. The van der Waals surface area contributed by atoms with Gasteiger partial charge in [0.1, 0.15) is 11.5 Å². The first-order valence-corrected chi connectivity index (χ1v) is 8.28. The van der Waals surface area contributed by atoms with E-state index in [0.29, 0.717) is 18.1 Å². The number of pyridine rings is 1. The summed E-state index contributed by atoms with van der Waals surface area (Å²) in [5.41, 5.74) is 2.37. The summed E-state index contributed by atoms with van der Waals surface area (Å²) >= 11 is 0. The fraction of sp³-hybridized carbons (Fsp3) is 0.250. The molecule has 0 atom stereocenters. The molecule has 1 amide bonds. The van der Waals surface area contributed by atoms with E-state index < -0.39 is 0 Å². The fourth-order valence-electron chi connectivity index (χ4n) is 2.46. The topological polar surface area (TPSA) is 59.8 Å². The SMILES string of the molecule is CC(C)(C)c1cc(C(=O)Nc2ccccn2)n(Cc2ccccc2)n1. The van der Waals surface area contributed by atoms with Crippen LogP contribution in [0.5, 0.6) is 0 Å². The molecule has 1 aromatic carbocycles. The summed E-state index contributed by atoms with van der Waals surface area (Å²) < 4.78 is 1.76. The molecular formula is C20H22N4O. The molecule has 0 fully saturated rings. The molecule has 1 N–H and O–H groups in total. The summed E-state index contributed by atoms with van der Waals surface area (Å²) in [6.07, 6.45) is 1.65. The van der Waals surface area contributed by atoms with E-state index in [1.54, 1.807) is 16.9 Å². The van der Waals surface area contributed by atoms with Gasteiger partial charge in [-0.15, -0.1) is 0 Å².